The molecular formula is C17H16N6O2S. The third-order valence-corrected chi connectivity index (χ3v) is 4.64. The minimum absolute atomic E-state index is 0.136. The van der Waals surface area contributed by atoms with Gasteiger partial charge in [0, 0.05) is 36.2 Å². The van der Waals surface area contributed by atoms with Gasteiger partial charge in [0.05, 0.1) is 17.6 Å². The molecule has 9 heteroatoms. The number of fused-ring (bicyclic) bond motifs is 1. The Bertz CT molecular complexity index is 1070. The number of carbonyl (C=O) groups is 1. The summed E-state index contributed by atoms with van der Waals surface area (Å²) in [6.07, 6.45) is 2.25. The molecule has 0 aliphatic carbocycles. The molecule has 0 saturated carbocycles. The molecule has 1 N–H and O–H groups in total. The topological polar surface area (TPSA) is 98.7 Å². The van der Waals surface area contributed by atoms with Crippen molar-refractivity contribution in [1.29, 1.82) is 0 Å². The Hall–Kier alpha value is -3.07. The largest absolute Gasteiger partial charge is 0.339 e. The second-order valence-electron chi connectivity index (χ2n) is 5.88. The van der Waals surface area contributed by atoms with Crippen LogP contribution in [0.5, 0.6) is 0 Å². The summed E-state index contributed by atoms with van der Waals surface area (Å²) in [5, 5.41) is 15.9. The number of hydrogen-bond acceptors (Lipinski definition) is 7. The molecule has 8 nitrogen and oxygen atoms in total. The van der Waals surface area contributed by atoms with E-state index in [-0.39, 0.29) is 12.3 Å². The van der Waals surface area contributed by atoms with Gasteiger partial charge in [0.15, 0.2) is 5.65 Å². The molecule has 0 radical (unpaired) electrons. The molecule has 0 aromatic carbocycles. The lowest BCUT2D eigenvalue weighted by atomic mass is 10.2. The molecule has 0 atom stereocenters. The van der Waals surface area contributed by atoms with E-state index in [1.54, 1.807) is 22.2 Å². The first-order valence-electron chi connectivity index (χ1n) is 8.04. The van der Waals surface area contributed by atoms with E-state index in [4.69, 9.17) is 4.52 Å². The fourth-order valence-electron chi connectivity index (χ4n) is 2.69. The van der Waals surface area contributed by atoms with E-state index in [2.05, 4.69) is 25.5 Å². The van der Waals surface area contributed by atoms with Gasteiger partial charge in [-0.05, 0) is 24.4 Å². The molecule has 0 saturated heterocycles. The van der Waals surface area contributed by atoms with Crippen LogP contribution in [0.2, 0.25) is 0 Å². The Labute approximate surface area is 152 Å². The highest BCUT2D eigenvalue weighted by Gasteiger charge is 2.12. The second-order valence-corrected chi connectivity index (χ2v) is 6.66. The van der Waals surface area contributed by atoms with Gasteiger partial charge < -0.3 is 9.84 Å². The van der Waals surface area contributed by atoms with Crippen LogP contribution in [-0.2, 0) is 18.3 Å². The molecule has 0 spiro atoms. The van der Waals surface area contributed by atoms with Crippen molar-refractivity contribution in [2.75, 3.05) is 5.32 Å². The van der Waals surface area contributed by atoms with Crippen LogP contribution in [0.4, 0.5) is 5.69 Å². The minimum Gasteiger partial charge on any atom is -0.339 e. The van der Waals surface area contributed by atoms with E-state index in [0.29, 0.717) is 23.8 Å². The van der Waals surface area contributed by atoms with E-state index >= 15 is 0 Å². The standard InChI is InChI=1S/C17H16N6O2S/c1-10-13-7-12(8-18-17(13)23(2)21-10)19-14(24)3-4-15-20-16(22-25-15)11-5-6-26-9-11/h5-9H,3-4H2,1-2H3,(H,19,24). The molecule has 0 bridgehead atoms. The zero-order chi connectivity index (χ0) is 18.1. The van der Waals surface area contributed by atoms with Gasteiger partial charge in [-0.2, -0.15) is 21.4 Å². The number of anilines is 1. The fourth-order valence-corrected chi connectivity index (χ4v) is 3.32. The molecule has 4 heterocycles. The zero-order valence-corrected chi connectivity index (χ0v) is 15.1. The molecule has 4 rings (SSSR count). The van der Waals surface area contributed by atoms with E-state index in [1.807, 2.05) is 36.9 Å². The van der Waals surface area contributed by atoms with Crippen LogP contribution in [-0.4, -0.2) is 30.8 Å². The number of rotatable bonds is 5. The van der Waals surface area contributed by atoms with Gasteiger partial charge >= 0.3 is 0 Å². The molecule has 0 aliphatic rings. The Morgan fingerprint density at radius 1 is 1.42 bits per heavy atom. The quantitative estimate of drug-likeness (QED) is 0.581. The molecule has 4 aromatic heterocycles. The van der Waals surface area contributed by atoms with Gasteiger partial charge in [-0.25, -0.2) is 4.98 Å². The fraction of sp³-hybridized carbons (Fsp3) is 0.235. The Balaban J connectivity index is 1.39. The molecule has 0 unspecified atom stereocenters. The smallest absolute Gasteiger partial charge is 0.227 e. The first kappa shape index (κ1) is 16.4. The summed E-state index contributed by atoms with van der Waals surface area (Å²) >= 11 is 1.57. The number of aromatic nitrogens is 5. The van der Waals surface area contributed by atoms with E-state index < -0.39 is 0 Å². The van der Waals surface area contributed by atoms with Gasteiger partial charge in [0.25, 0.3) is 0 Å². The number of pyridine rings is 1. The lowest BCUT2D eigenvalue weighted by Crippen LogP contribution is -2.12. The van der Waals surface area contributed by atoms with Gasteiger partial charge in [0.2, 0.25) is 17.6 Å². The molecule has 0 fully saturated rings. The molecule has 132 valence electrons. The lowest BCUT2D eigenvalue weighted by Gasteiger charge is -2.04. The summed E-state index contributed by atoms with van der Waals surface area (Å²) in [4.78, 5) is 20.9. The van der Waals surface area contributed by atoms with Crippen molar-refractivity contribution >= 4 is 34.0 Å². The lowest BCUT2D eigenvalue weighted by molar-refractivity contribution is -0.116. The highest BCUT2D eigenvalue weighted by Crippen LogP contribution is 2.20. The van der Waals surface area contributed by atoms with Crippen LogP contribution < -0.4 is 5.32 Å². The highest BCUT2D eigenvalue weighted by molar-refractivity contribution is 7.08. The summed E-state index contributed by atoms with van der Waals surface area (Å²) < 4.78 is 6.92. The van der Waals surface area contributed by atoms with Crippen LogP contribution in [0, 0.1) is 6.92 Å². The number of amides is 1. The van der Waals surface area contributed by atoms with Gasteiger partial charge in [-0.3, -0.25) is 9.48 Å². The van der Waals surface area contributed by atoms with Crippen molar-refractivity contribution in [2.45, 2.75) is 19.8 Å². The predicted octanol–water partition coefficient (Wildman–Crippen LogP) is 2.96. The van der Waals surface area contributed by atoms with Crippen molar-refractivity contribution in [3.63, 3.8) is 0 Å². The normalized spacial score (nSPS) is 11.2. The van der Waals surface area contributed by atoms with Gasteiger partial charge in [-0.15, -0.1) is 0 Å². The Kier molecular flexibility index (Phi) is 4.21. The van der Waals surface area contributed by atoms with Crippen molar-refractivity contribution < 1.29 is 9.32 Å². The van der Waals surface area contributed by atoms with Crippen molar-refractivity contribution in [1.82, 2.24) is 24.9 Å². The predicted molar refractivity (Wildman–Crippen MR) is 97.8 cm³/mol. The SMILES string of the molecule is Cc1nn(C)c2ncc(NC(=O)CCc3nc(-c4ccsc4)no3)cc12. The van der Waals surface area contributed by atoms with Crippen molar-refractivity contribution in [3.8, 4) is 11.4 Å². The molecule has 0 aliphatic heterocycles. The number of aryl methyl sites for hydroxylation is 3. The maximum Gasteiger partial charge on any atom is 0.227 e. The molecule has 1 amide bonds. The van der Waals surface area contributed by atoms with E-state index in [0.717, 1.165) is 22.3 Å². The zero-order valence-electron chi connectivity index (χ0n) is 14.3. The van der Waals surface area contributed by atoms with E-state index in [9.17, 15) is 4.79 Å². The maximum absolute atomic E-state index is 12.2. The average Bonchev–Trinajstić information content (AvgIpc) is 3.35. The van der Waals surface area contributed by atoms with Crippen LogP contribution in [0.1, 0.15) is 18.0 Å². The summed E-state index contributed by atoms with van der Waals surface area (Å²) in [5.74, 6) is 0.851. The summed E-state index contributed by atoms with van der Waals surface area (Å²) in [6.45, 7) is 1.91. The summed E-state index contributed by atoms with van der Waals surface area (Å²) in [5.41, 5.74) is 3.22. The average molecular weight is 368 g/mol. The van der Waals surface area contributed by atoms with Crippen molar-refractivity contribution in [2.24, 2.45) is 7.05 Å². The Morgan fingerprint density at radius 2 is 2.31 bits per heavy atom. The summed E-state index contributed by atoms with van der Waals surface area (Å²) in [7, 11) is 1.84. The first-order valence-corrected chi connectivity index (χ1v) is 8.99. The summed E-state index contributed by atoms with van der Waals surface area (Å²) in [6, 6.07) is 3.81. The van der Waals surface area contributed by atoms with Crippen molar-refractivity contribution in [3.05, 3.63) is 40.7 Å². The number of thiophene rings is 1. The monoisotopic (exact) mass is 368 g/mol. The van der Waals surface area contributed by atoms with Crippen LogP contribution >= 0.6 is 11.3 Å². The minimum atomic E-state index is -0.136. The Morgan fingerprint density at radius 3 is 3.12 bits per heavy atom. The van der Waals surface area contributed by atoms with Crippen LogP contribution in [0.25, 0.3) is 22.4 Å². The number of hydrogen-bond donors (Lipinski definition) is 1. The highest BCUT2D eigenvalue weighted by atomic mass is 32.1. The number of nitrogens with zero attached hydrogens (tertiary/aromatic N) is 5. The molecular weight excluding hydrogens is 352 g/mol. The first-order chi connectivity index (χ1) is 12.6. The van der Waals surface area contributed by atoms with Gasteiger partial charge in [-0.1, -0.05) is 5.16 Å². The molecule has 26 heavy (non-hydrogen) atoms. The molecule has 4 aromatic rings. The number of nitrogens with one attached hydrogen (secondary N) is 1. The van der Waals surface area contributed by atoms with Gasteiger partial charge in [0.1, 0.15) is 0 Å². The number of carbonyl (C=O) groups excluding carboxylic acids is 1. The maximum atomic E-state index is 12.2. The van der Waals surface area contributed by atoms with E-state index in [1.165, 1.54) is 0 Å². The third-order valence-electron chi connectivity index (χ3n) is 3.96. The third kappa shape index (κ3) is 3.21. The van der Waals surface area contributed by atoms with Crippen LogP contribution in [0.15, 0.2) is 33.6 Å². The van der Waals surface area contributed by atoms with Crippen LogP contribution in [0.3, 0.4) is 0 Å². The second kappa shape index (κ2) is 6.68.